The molecule has 0 amide bonds. The maximum absolute atomic E-state index is 11.7. The van der Waals surface area contributed by atoms with Gasteiger partial charge in [0.15, 0.2) is 11.6 Å². The van der Waals surface area contributed by atoms with E-state index in [1.54, 1.807) is 25.5 Å². The van der Waals surface area contributed by atoms with Crippen molar-refractivity contribution >= 4 is 11.6 Å². The SMILES string of the molecule is CC1(Cc2cnc[nH]2)C(=O)C=CCC1=O. The zero-order valence-corrected chi connectivity index (χ0v) is 8.49. The summed E-state index contributed by atoms with van der Waals surface area (Å²) in [7, 11) is 0. The molecule has 1 atom stereocenters. The number of H-pyrrole nitrogens is 1. The molecule has 15 heavy (non-hydrogen) atoms. The molecule has 0 fully saturated rings. The predicted molar refractivity (Wildman–Crippen MR) is 54.2 cm³/mol. The quantitative estimate of drug-likeness (QED) is 0.732. The summed E-state index contributed by atoms with van der Waals surface area (Å²) in [6.07, 6.45) is 7.05. The number of rotatable bonds is 2. The van der Waals surface area contributed by atoms with Crippen LogP contribution >= 0.6 is 0 Å². The number of carbonyl (C=O) groups is 2. The number of nitrogens with one attached hydrogen (secondary N) is 1. The molecule has 0 saturated carbocycles. The maximum atomic E-state index is 11.7. The van der Waals surface area contributed by atoms with Crippen molar-refractivity contribution in [1.29, 1.82) is 0 Å². The van der Waals surface area contributed by atoms with Gasteiger partial charge in [0.05, 0.1) is 11.7 Å². The molecule has 2 rings (SSSR count). The van der Waals surface area contributed by atoms with E-state index in [1.807, 2.05) is 0 Å². The van der Waals surface area contributed by atoms with Gasteiger partial charge in [-0.2, -0.15) is 0 Å². The van der Waals surface area contributed by atoms with Crippen molar-refractivity contribution in [2.75, 3.05) is 0 Å². The Morgan fingerprint density at radius 3 is 2.93 bits per heavy atom. The molecule has 0 spiro atoms. The second-order valence-corrected chi connectivity index (χ2v) is 3.98. The third kappa shape index (κ3) is 1.63. The lowest BCUT2D eigenvalue weighted by Crippen LogP contribution is -2.39. The number of hydrogen-bond donors (Lipinski definition) is 1. The van der Waals surface area contributed by atoms with E-state index < -0.39 is 5.41 Å². The highest BCUT2D eigenvalue weighted by Crippen LogP contribution is 2.29. The van der Waals surface area contributed by atoms with Gasteiger partial charge in [0, 0.05) is 24.7 Å². The van der Waals surface area contributed by atoms with Gasteiger partial charge in [0.25, 0.3) is 0 Å². The summed E-state index contributed by atoms with van der Waals surface area (Å²) in [4.78, 5) is 30.2. The van der Waals surface area contributed by atoms with Crippen molar-refractivity contribution in [3.05, 3.63) is 30.4 Å². The number of imidazole rings is 1. The van der Waals surface area contributed by atoms with Crippen molar-refractivity contribution in [2.24, 2.45) is 5.41 Å². The summed E-state index contributed by atoms with van der Waals surface area (Å²) in [5, 5.41) is 0. The monoisotopic (exact) mass is 204 g/mol. The average molecular weight is 204 g/mol. The first-order valence-corrected chi connectivity index (χ1v) is 4.84. The first-order valence-electron chi connectivity index (χ1n) is 4.84. The Kier molecular flexibility index (Phi) is 2.26. The molecular weight excluding hydrogens is 192 g/mol. The van der Waals surface area contributed by atoms with Crippen LogP contribution in [0.1, 0.15) is 19.0 Å². The molecule has 0 saturated heterocycles. The fourth-order valence-electron chi connectivity index (χ4n) is 1.77. The summed E-state index contributed by atoms with van der Waals surface area (Å²) < 4.78 is 0. The van der Waals surface area contributed by atoms with Gasteiger partial charge in [-0.05, 0) is 13.0 Å². The van der Waals surface area contributed by atoms with Crippen LogP contribution < -0.4 is 0 Å². The molecule has 0 aromatic carbocycles. The number of hydrogen-bond acceptors (Lipinski definition) is 3. The molecule has 0 bridgehead atoms. The minimum absolute atomic E-state index is 0.0235. The third-order valence-corrected chi connectivity index (χ3v) is 2.83. The highest BCUT2D eigenvalue weighted by Gasteiger charge is 2.40. The van der Waals surface area contributed by atoms with E-state index in [2.05, 4.69) is 9.97 Å². The fourth-order valence-corrected chi connectivity index (χ4v) is 1.77. The average Bonchev–Trinajstić information content (AvgIpc) is 2.67. The van der Waals surface area contributed by atoms with Gasteiger partial charge in [-0.25, -0.2) is 4.98 Å². The van der Waals surface area contributed by atoms with Gasteiger partial charge in [0.2, 0.25) is 0 Å². The highest BCUT2D eigenvalue weighted by molar-refractivity contribution is 6.14. The molecule has 0 aliphatic heterocycles. The van der Waals surface area contributed by atoms with Crippen LogP contribution in [0.4, 0.5) is 0 Å². The topological polar surface area (TPSA) is 62.8 Å². The number of allylic oxidation sites excluding steroid dienone is 2. The van der Waals surface area contributed by atoms with E-state index >= 15 is 0 Å². The van der Waals surface area contributed by atoms with Gasteiger partial charge in [-0.15, -0.1) is 0 Å². The number of nitrogens with zero attached hydrogens (tertiary/aromatic N) is 1. The molecule has 1 aromatic rings. The summed E-state index contributed by atoms with van der Waals surface area (Å²) in [5.41, 5.74) is -0.101. The molecular formula is C11H12N2O2. The van der Waals surface area contributed by atoms with Gasteiger partial charge in [-0.3, -0.25) is 9.59 Å². The molecule has 1 aliphatic rings. The zero-order valence-electron chi connectivity index (χ0n) is 8.49. The van der Waals surface area contributed by atoms with Crippen molar-refractivity contribution in [2.45, 2.75) is 19.8 Å². The standard InChI is InChI=1S/C11H12N2O2/c1-11(5-8-6-12-7-13-8)9(14)3-2-4-10(11)15/h2-3,6-7H,4-5H2,1H3,(H,12,13). The third-order valence-electron chi connectivity index (χ3n) is 2.83. The van der Waals surface area contributed by atoms with Crippen LogP contribution in [0.25, 0.3) is 0 Å². The largest absolute Gasteiger partial charge is 0.348 e. The summed E-state index contributed by atoms with van der Waals surface area (Å²) >= 11 is 0. The second-order valence-electron chi connectivity index (χ2n) is 3.98. The Balaban J connectivity index is 2.28. The Morgan fingerprint density at radius 1 is 1.53 bits per heavy atom. The summed E-state index contributed by atoms with van der Waals surface area (Å²) in [5.74, 6) is -0.141. The Bertz CT molecular complexity index is 420. The van der Waals surface area contributed by atoms with Crippen LogP contribution in [0.3, 0.4) is 0 Å². The van der Waals surface area contributed by atoms with Gasteiger partial charge in [-0.1, -0.05) is 6.08 Å². The Labute approximate surface area is 87.4 Å². The van der Waals surface area contributed by atoms with Gasteiger partial charge < -0.3 is 4.98 Å². The van der Waals surface area contributed by atoms with Gasteiger partial charge >= 0.3 is 0 Å². The van der Waals surface area contributed by atoms with Crippen LogP contribution in [-0.2, 0) is 16.0 Å². The lowest BCUT2D eigenvalue weighted by molar-refractivity contribution is -0.137. The fraction of sp³-hybridized carbons (Fsp3) is 0.364. The molecule has 4 heteroatoms. The highest BCUT2D eigenvalue weighted by atomic mass is 16.2. The molecule has 1 unspecified atom stereocenters. The normalized spacial score (nSPS) is 25.9. The number of aromatic nitrogens is 2. The lowest BCUT2D eigenvalue weighted by Gasteiger charge is -2.26. The number of Topliss-reactive ketones (excluding diaryl/α,β-unsaturated/α-hetero) is 1. The number of ketones is 2. The van der Waals surface area contributed by atoms with Crippen molar-refractivity contribution < 1.29 is 9.59 Å². The van der Waals surface area contributed by atoms with Crippen molar-refractivity contribution in [3.63, 3.8) is 0 Å². The smallest absolute Gasteiger partial charge is 0.169 e. The minimum Gasteiger partial charge on any atom is -0.348 e. The van der Waals surface area contributed by atoms with E-state index in [1.165, 1.54) is 6.08 Å². The van der Waals surface area contributed by atoms with E-state index in [0.717, 1.165) is 5.69 Å². The minimum atomic E-state index is -0.915. The second kappa shape index (κ2) is 3.46. The van der Waals surface area contributed by atoms with Crippen molar-refractivity contribution in [1.82, 2.24) is 9.97 Å². The Hall–Kier alpha value is -1.71. The molecule has 0 radical (unpaired) electrons. The molecule has 1 heterocycles. The first kappa shape index (κ1) is 9.83. The van der Waals surface area contributed by atoms with E-state index in [4.69, 9.17) is 0 Å². The van der Waals surface area contributed by atoms with Gasteiger partial charge in [0.1, 0.15) is 0 Å². The van der Waals surface area contributed by atoms with E-state index in [-0.39, 0.29) is 11.6 Å². The predicted octanol–water partition coefficient (Wildman–Crippen LogP) is 1.06. The number of aromatic amines is 1. The van der Waals surface area contributed by atoms with Crippen LogP contribution in [0.5, 0.6) is 0 Å². The van der Waals surface area contributed by atoms with Crippen LogP contribution in [0.15, 0.2) is 24.7 Å². The molecule has 1 N–H and O–H groups in total. The lowest BCUT2D eigenvalue weighted by atomic mass is 9.73. The molecule has 4 nitrogen and oxygen atoms in total. The number of carbonyl (C=O) groups excluding carboxylic acids is 2. The van der Waals surface area contributed by atoms with E-state index in [9.17, 15) is 9.59 Å². The first-order chi connectivity index (χ1) is 7.13. The van der Waals surface area contributed by atoms with Crippen molar-refractivity contribution in [3.8, 4) is 0 Å². The molecule has 1 aliphatic carbocycles. The summed E-state index contributed by atoms with van der Waals surface area (Å²) in [6.45, 7) is 1.70. The van der Waals surface area contributed by atoms with E-state index in [0.29, 0.717) is 12.8 Å². The van der Waals surface area contributed by atoms with Crippen LogP contribution in [0, 0.1) is 5.41 Å². The molecule has 78 valence electrons. The maximum Gasteiger partial charge on any atom is 0.169 e. The zero-order chi connectivity index (χ0) is 10.9. The van der Waals surface area contributed by atoms with Crippen LogP contribution in [-0.4, -0.2) is 21.5 Å². The summed E-state index contributed by atoms with van der Waals surface area (Å²) in [6, 6.07) is 0. The molecule has 1 aromatic heterocycles. The van der Waals surface area contributed by atoms with Crippen LogP contribution in [0.2, 0.25) is 0 Å². The Morgan fingerprint density at radius 2 is 2.33 bits per heavy atom.